The number of phenolic OH excluding ortho intramolecular Hbond substituents is 4. The van der Waals surface area contributed by atoms with Gasteiger partial charge in [-0.05, 0) is 114 Å². The van der Waals surface area contributed by atoms with Gasteiger partial charge in [-0.25, -0.2) is 0 Å². The number of rotatable bonds is 22. The number of benzene rings is 4. The highest BCUT2D eigenvalue weighted by molar-refractivity contribution is 5.97. The molecule has 0 aliphatic heterocycles. The number of hydrogen-bond acceptors (Lipinski definition) is 12. The molecule has 0 radical (unpaired) electrons. The number of aromatic hydroxyl groups is 4. The molecule has 0 unspecified atom stereocenters. The number of carbonyl (C=O) groups is 4. The number of aryl methyl sites for hydroxylation is 2. The Morgan fingerprint density at radius 1 is 0.318 bits per heavy atom. The van der Waals surface area contributed by atoms with Crippen LogP contribution < -0.4 is 0 Å². The van der Waals surface area contributed by atoms with E-state index in [1.54, 1.807) is 24.3 Å². The molecule has 4 aromatic rings. The molecule has 85 heavy (non-hydrogen) atoms. The number of carbonyl (C=O) groups excluding carboxylic acids is 4. The van der Waals surface area contributed by atoms with Gasteiger partial charge in [0.1, 0.15) is 36.2 Å². The van der Waals surface area contributed by atoms with Crippen LogP contribution in [-0.2, 0) is 84.7 Å². The van der Waals surface area contributed by atoms with Crippen molar-refractivity contribution in [1.29, 1.82) is 0 Å². The third kappa shape index (κ3) is 19.6. The van der Waals surface area contributed by atoms with Crippen LogP contribution in [0.15, 0.2) is 48.5 Å². The van der Waals surface area contributed by atoms with Crippen molar-refractivity contribution in [3.05, 3.63) is 115 Å². The SMILES string of the molecule is CC(C)(C)c1cc(CCC(=O)OCC(COCCC(=O)c2cc(C(C)(C)C)c(O)c(C(C)(C)C)c2)(COCCC(=O)c2cc(C(C)(C)C)c(O)c(C(C)(C)C)c2)COC(=O)CCc2cc(C(C)(C)C)c(O)c(C(C)(C)C)c2)cc(C(C)(C)C)c1O. The van der Waals surface area contributed by atoms with E-state index in [1.807, 2.05) is 190 Å². The van der Waals surface area contributed by atoms with Crippen molar-refractivity contribution in [2.45, 2.75) is 248 Å². The summed E-state index contributed by atoms with van der Waals surface area (Å²) in [7, 11) is 0. The fraction of sp³-hybridized carbons (Fsp3) is 0.616. The lowest BCUT2D eigenvalue weighted by Crippen LogP contribution is -2.43. The minimum absolute atomic E-state index is 0.0161. The lowest BCUT2D eigenvalue weighted by molar-refractivity contribution is -0.162. The molecule has 4 N–H and O–H groups in total. The Labute approximate surface area is 511 Å². The van der Waals surface area contributed by atoms with Crippen LogP contribution in [0.2, 0.25) is 0 Å². The number of Topliss-reactive ketones (excluding diaryl/α,β-unsaturated/α-hetero) is 2. The number of esters is 2. The van der Waals surface area contributed by atoms with Crippen LogP contribution in [0.5, 0.6) is 23.0 Å². The highest BCUT2D eigenvalue weighted by Gasteiger charge is 2.37. The van der Waals surface area contributed by atoms with Gasteiger partial charge in [-0.1, -0.05) is 190 Å². The molecule has 12 nitrogen and oxygen atoms in total. The van der Waals surface area contributed by atoms with Gasteiger partial charge in [0.25, 0.3) is 0 Å². The lowest BCUT2D eigenvalue weighted by Gasteiger charge is -2.32. The molecule has 0 bridgehead atoms. The average Bonchev–Trinajstić information content (AvgIpc) is 1.36. The van der Waals surface area contributed by atoms with Crippen molar-refractivity contribution >= 4 is 23.5 Å². The minimum atomic E-state index is -1.35. The largest absolute Gasteiger partial charge is 0.507 e. The highest BCUT2D eigenvalue weighted by atomic mass is 16.6. The topological polar surface area (TPSA) is 186 Å². The predicted octanol–water partition coefficient (Wildman–Crippen LogP) is 16.1. The van der Waals surface area contributed by atoms with Crippen LogP contribution >= 0.6 is 0 Å². The van der Waals surface area contributed by atoms with E-state index in [-0.39, 0.29) is 122 Å². The maximum Gasteiger partial charge on any atom is 0.306 e. The molecule has 0 aliphatic carbocycles. The van der Waals surface area contributed by atoms with Gasteiger partial charge in [0.2, 0.25) is 0 Å². The summed E-state index contributed by atoms with van der Waals surface area (Å²) in [5.74, 6) is -0.676. The Morgan fingerprint density at radius 3 is 0.741 bits per heavy atom. The Kier molecular flexibility index (Phi) is 22.6. The second-order valence-corrected chi connectivity index (χ2v) is 32.2. The third-order valence-electron chi connectivity index (χ3n) is 15.7. The monoisotopic (exact) mass is 1180 g/mol. The molecule has 0 aliphatic rings. The molecular formula is C73H108O12. The van der Waals surface area contributed by atoms with Gasteiger partial charge in [-0.2, -0.15) is 0 Å². The maximum atomic E-state index is 14.2. The first-order valence-corrected chi connectivity index (χ1v) is 30.5. The summed E-state index contributed by atoms with van der Waals surface area (Å²) < 4.78 is 25.2. The van der Waals surface area contributed by atoms with E-state index in [0.717, 1.165) is 33.4 Å². The molecule has 472 valence electrons. The quantitative estimate of drug-likeness (QED) is 0.0332. The first-order valence-electron chi connectivity index (χ1n) is 30.5. The first kappa shape index (κ1) is 71.8. The second kappa shape index (κ2) is 26.7. The van der Waals surface area contributed by atoms with E-state index in [0.29, 0.717) is 46.2 Å². The molecule has 0 atom stereocenters. The van der Waals surface area contributed by atoms with E-state index in [2.05, 4.69) is 0 Å². The number of ether oxygens (including phenoxy) is 4. The fourth-order valence-electron chi connectivity index (χ4n) is 10.4. The summed E-state index contributed by atoms with van der Waals surface area (Å²) in [4.78, 5) is 56.5. The van der Waals surface area contributed by atoms with Gasteiger partial charge >= 0.3 is 11.9 Å². The predicted molar refractivity (Wildman–Crippen MR) is 343 cm³/mol. The molecule has 0 fully saturated rings. The van der Waals surface area contributed by atoms with Crippen LogP contribution in [-0.4, -0.2) is 83.6 Å². The minimum Gasteiger partial charge on any atom is -0.507 e. The van der Waals surface area contributed by atoms with Crippen LogP contribution in [0.1, 0.15) is 268 Å². The van der Waals surface area contributed by atoms with Crippen LogP contribution in [0, 0.1) is 5.41 Å². The van der Waals surface area contributed by atoms with Crippen LogP contribution in [0.4, 0.5) is 0 Å². The lowest BCUT2D eigenvalue weighted by atomic mass is 9.78. The van der Waals surface area contributed by atoms with E-state index in [4.69, 9.17) is 18.9 Å². The van der Waals surface area contributed by atoms with Gasteiger partial charge in [0, 0.05) is 59.1 Å². The number of hydrogen-bond donors (Lipinski definition) is 4. The zero-order valence-corrected chi connectivity index (χ0v) is 56.7. The summed E-state index contributed by atoms with van der Waals surface area (Å²) in [5.41, 5.74) is 3.57. The summed E-state index contributed by atoms with van der Waals surface area (Å²) in [6.07, 6.45) is 0.511. The first-order chi connectivity index (χ1) is 38.5. The Hall–Kier alpha value is -5.72. The molecule has 0 aromatic heterocycles. The van der Waals surface area contributed by atoms with Crippen LogP contribution in [0.3, 0.4) is 0 Å². The number of phenols is 4. The van der Waals surface area contributed by atoms with E-state index in [9.17, 15) is 39.6 Å². The van der Waals surface area contributed by atoms with Crippen molar-refractivity contribution in [2.24, 2.45) is 5.41 Å². The zero-order valence-electron chi connectivity index (χ0n) is 56.7. The van der Waals surface area contributed by atoms with Crippen molar-refractivity contribution in [3.63, 3.8) is 0 Å². The molecule has 0 amide bonds. The Bertz CT molecular complexity index is 2680. The molecule has 0 saturated carbocycles. The molecule has 0 spiro atoms. The van der Waals surface area contributed by atoms with Gasteiger partial charge in [0.15, 0.2) is 11.6 Å². The Morgan fingerprint density at radius 2 is 0.529 bits per heavy atom. The average molecular weight is 1180 g/mol. The van der Waals surface area contributed by atoms with Gasteiger partial charge in [-0.15, -0.1) is 0 Å². The molecule has 12 heteroatoms. The molecule has 4 aromatic carbocycles. The summed E-state index contributed by atoms with van der Waals surface area (Å²) in [5, 5.41) is 45.7. The van der Waals surface area contributed by atoms with Gasteiger partial charge in [-0.3, -0.25) is 19.2 Å². The van der Waals surface area contributed by atoms with Crippen molar-refractivity contribution < 1.29 is 58.6 Å². The molecule has 0 saturated heterocycles. The standard InChI is InChI=1S/C73H108O12/c1-65(2,3)49-33-45(34-50(61(49)78)66(4,5)6)25-27-59(76)84-43-73(41-82-31-29-57(74)47-37-53(69(13,14)15)63(80)54(38-47)70(16,17)18,42-83-32-30-58(75)48-39-55(71(19,20)21)64(81)56(40-48)72(22,23)24)44-85-60(77)28-26-46-35-51(67(7,8)9)62(79)52(36-46)68(10,11)12/h33-40,78-81H,25-32,41-44H2,1-24H3. The smallest absolute Gasteiger partial charge is 0.306 e. The fourth-order valence-corrected chi connectivity index (χ4v) is 10.4. The van der Waals surface area contributed by atoms with Gasteiger partial charge in [0.05, 0.1) is 31.8 Å². The van der Waals surface area contributed by atoms with E-state index in [1.165, 1.54) is 0 Å². The van der Waals surface area contributed by atoms with Crippen molar-refractivity contribution in [3.8, 4) is 23.0 Å². The van der Waals surface area contributed by atoms with E-state index < -0.39 is 39.0 Å². The molecule has 0 heterocycles. The number of ketones is 2. The summed E-state index contributed by atoms with van der Waals surface area (Å²) in [6, 6.07) is 14.7. The second-order valence-electron chi connectivity index (χ2n) is 32.2. The zero-order chi connectivity index (χ0) is 65.0. The maximum absolute atomic E-state index is 14.2. The summed E-state index contributed by atoms with van der Waals surface area (Å²) >= 11 is 0. The molecule has 4 rings (SSSR count). The third-order valence-corrected chi connectivity index (χ3v) is 15.7. The summed E-state index contributed by atoms with van der Waals surface area (Å²) in [6.45, 7) is 47.1. The van der Waals surface area contributed by atoms with Crippen molar-refractivity contribution in [2.75, 3.05) is 39.6 Å². The van der Waals surface area contributed by atoms with Gasteiger partial charge < -0.3 is 39.4 Å². The van der Waals surface area contributed by atoms with E-state index >= 15 is 0 Å². The Balaban J connectivity index is 1.75. The van der Waals surface area contributed by atoms with Crippen LogP contribution in [0.25, 0.3) is 0 Å². The molecular weight excluding hydrogens is 1070 g/mol. The normalized spacial score (nSPS) is 13.3. The highest BCUT2D eigenvalue weighted by Crippen LogP contribution is 2.44. The van der Waals surface area contributed by atoms with Crippen molar-refractivity contribution in [1.82, 2.24) is 0 Å².